The number of benzene rings is 1. The quantitative estimate of drug-likeness (QED) is 0.796. The van der Waals surface area contributed by atoms with Crippen molar-refractivity contribution in [2.24, 2.45) is 5.92 Å². The highest BCUT2D eigenvalue weighted by molar-refractivity contribution is 5.92. The first-order valence-electron chi connectivity index (χ1n) is 9.00. The maximum absolute atomic E-state index is 12.3. The normalized spacial score (nSPS) is 16.8. The predicted octanol–water partition coefficient (Wildman–Crippen LogP) is 2.17. The molecular formula is C20H25N3O3. The Morgan fingerprint density at radius 2 is 1.88 bits per heavy atom. The van der Waals surface area contributed by atoms with Gasteiger partial charge in [0.25, 0.3) is 0 Å². The van der Waals surface area contributed by atoms with Crippen LogP contribution in [0.3, 0.4) is 0 Å². The Labute approximate surface area is 153 Å². The molecule has 1 aliphatic rings. The minimum absolute atomic E-state index is 0.0112. The van der Waals surface area contributed by atoms with Crippen LogP contribution in [0, 0.1) is 5.92 Å². The average molecular weight is 355 g/mol. The van der Waals surface area contributed by atoms with E-state index in [0.29, 0.717) is 6.54 Å². The number of anilines is 1. The maximum Gasteiger partial charge on any atom is 0.227 e. The number of rotatable bonds is 7. The lowest BCUT2D eigenvalue weighted by atomic mass is 9.95. The lowest BCUT2D eigenvalue weighted by molar-refractivity contribution is -0.121. The summed E-state index contributed by atoms with van der Waals surface area (Å²) in [7, 11) is 0. The number of nitrogens with zero attached hydrogens (tertiary/aromatic N) is 2. The van der Waals surface area contributed by atoms with Crippen LogP contribution >= 0.6 is 0 Å². The standard InChI is InChI=1S/C20H25N3O3/c24-18(15-26-19-4-2-1-3-5-19)14-23-12-8-16(9-13-23)20(25)22-17-6-10-21-11-7-17/h1-7,10-11,16,18,24H,8-9,12-15H2,(H,21,22,25). The average Bonchev–Trinajstić information content (AvgIpc) is 2.68. The van der Waals surface area contributed by atoms with Crippen LogP contribution in [0.15, 0.2) is 54.9 Å². The fourth-order valence-electron chi connectivity index (χ4n) is 3.12. The summed E-state index contributed by atoms with van der Waals surface area (Å²) in [6, 6.07) is 13.1. The molecule has 0 saturated carbocycles. The molecule has 0 radical (unpaired) electrons. The third kappa shape index (κ3) is 5.54. The highest BCUT2D eigenvalue weighted by Gasteiger charge is 2.26. The number of carbonyl (C=O) groups is 1. The summed E-state index contributed by atoms with van der Waals surface area (Å²) in [6.45, 7) is 2.44. The monoisotopic (exact) mass is 355 g/mol. The van der Waals surface area contributed by atoms with Gasteiger partial charge in [-0.3, -0.25) is 9.78 Å². The molecule has 1 saturated heterocycles. The van der Waals surface area contributed by atoms with Crippen molar-refractivity contribution in [3.8, 4) is 5.75 Å². The molecule has 1 aromatic heterocycles. The van der Waals surface area contributed by atoms with Crippen LogP contribution in [-0.4, -0.2) is 53.2 Å². The highest BCUT2D eigenvalue weighted by Crippen LogP contribution is 2.19. The number of hydrogen-bond donors (Lipinski definition) is 2. The number of pyridine rings is 1. The molecule has 2 heterocycles. The van der Waals surface area contributed by atoms with E-state index < -0.39 is 6.10 Å². The number of para-hydroxylation sites is 1. The van der Waals surface area contributed by atoms with Crippen molar-refractivity contribution in [3.63, 3.8) is 0 Å². The number of nitrogens with one attached hydrogen (secondary N) is 1. The molecule has 1 fully saturated rings. The Hall–Kier alpha value is -2.44. The number of likely N-dealkylation sites (tertiary alicyclic amines) is 1. The molecule has 0 bridgehead atoms. The van der Waals surface area contributed by atoms with Crippen molar-refractivity contribution in [1.29, 1.82) is 0 Å². The number of aliphatic hydroxyl groups is 1. The van der Waals surface area contributed by atoms with Crippen molar-refractivity contribution in [1.82, 2.24) is 9.88 Å². The molecule has 1 unspecified atom stereocenters. The number of aliphatic hydroxyl groups excluding tert-OH is 1. The van der Waals surface area contributed by atoms with E-state index in [2.05, 4.69) is 15.2 Å². The van der Waals surface area contributed by atoms with E-state index in [1.807, 2.05) is 30.3 Å². The summed E-state index contributed by atoms with van der Waals surface area (Å²) >= 11 is 0. The molecule has 0 aliphatic carbocycles. The van der Waals surface area contributed by atoms with Crippen LogP contribution < -0.4 is 10.1 Å². The van der Waals surface area contributed by atoms with Gasteiger partial charge in [0.05, 0.1) is 0 Å². The van der Waals surface area contributed by atoms with Crippen LogP contribution in [0.1, 0.15) is 12.8 Å². The molecule has 6 nitrogen and oxygen atoms in total. The topological polar surface area (TPSA) is 74.7 Å². The number of carbonyl (C=O) groups excluding carboxylic acids is 1. The molecule has 3 rings (SSSR count). The molecule has 2 aromatic rings. The van der Waals surface area contributed by atoms with Crippen LogP contribution in [0.25, 0.3) is 0 Å². The molecular weight excluding hydrogens is 330 g/mol. The van der Waals surface area contributed by atoms with Gasteiger partial charge in [-0.05, 0) is 50.2 Å². The molecule has 2 N–H and O–H groups in total. The molecule has 1 aromatic carbocycles. The first-order chi connectivity index (χ1) is 12.7. The van der Waals surface area contributed by atoms with Crippen molar-refractivity contribution < 1.29 is 14.6 Å². The van der Waals surface area contributed by atoms with E-state index in [-0.39, 0.29) is 18.4 Å². The van der Waals surface area contributed by atoms with Crippen LogP contribution in [0.5, 0.6) is 5.75 Å². The maximum atomic E-state index is 12.3. The summed E-state index contributed by atoms with van der Waals surface area (Å²) in [5, 5.41) is 13.1. The van der Waals surface area contributed by atoms with Crippen LogP contribution in [0.4, 0.5) is 5.69 Å². The van der Waals surface area contributed by atoms with Gasteiger partial charge < -0.3 is 20.1 Å². The van der Waals surface area contributed by atoms with Gasteiger partial charge in [0.2, 0.25) is 5.91 Å². The number of hydrogen-bond acceptors (Lipinski definition) is 5. The van der Waals surface area contributed by atoms with Gasteiger partial charge in [-0.15, -0.1) is 0 Å². The van der Waals surface area contributed by atoms with Gasteiger partial charge in [0.15, 0.2) is 0 Å². The number of aromatic nitrogens is 1. The second-order valence-corrected chi connectivity index (χ2v) is 6.58. The molecule has 1 atom stereocenters. The van der Waals surface area contributed by atoms with Crippen LogP contribution in [0.2, 0.25) is 0 Å². The molecule has 1 amide bonds. The number of piperidine rings is 1. The summed E-state index contributed by atoms with van der Waals surface area (Å²) in [5.74, 6) is 0.832. The first kappa shape index (κ1) is 18.4. The zero-order valence-electron chi connectivity index (χ0n) is 14.8. The van der Waals surface area contributed by atoms with E-state index in [0.717, 1.165) is 37.4 Å². The predicted molar refractivity (Wildman–Crippen MR) is 100.0 cm³/mol. The fourth-order valence-corrected chi connectivity index (χ4v) is 3.12. The van der Waals surface area contributed by atoms with Gasteiger partial charge in [-0.2, -0.15) is 0 Å². The van der Waals surface area contributed by atoms with Gasteiger partial charge in [0.1, 0.15) is 18.5 Å². The van der Waals surface area contributed by atoms with Crippen molar-refractivity contribution in [2.75, 3.05) is 31.6 Å². The van der Waals surface area contributed by atoms with Gasteiger partial charge >= 0.3 is 0 Å². The van der Waals surface area contributed by atoms with E-state index >= 15 is 0 Å². The third-order valence-corrected chi connectivity index (χ3v) is 4.56. The zero-order chi connectivity index (χ0) is 18.2. The minimum Gasteiger partial charge on any atom is -0.491 e. The van der Waals surface area contributed by atoms with Crippen molar-refractivity contribution in [3.05, 3.63) is 54.9 Å². The molecule has 6 heteroatoms. The van der Waals surface area contributed by atoms with E-state index in [4.69, 9.17) is 4.74 Å². The Bertz CT molecular complexity index is 673. The van der Waals surface area contributed by atoms with Crippen molar-refractivity contribution in [2.45, 2.75) is 18.9 Å². The second-order valence-electron chi connectivity index (χ2n) is 6.58. The number of β-amino-alcohol motifs (C(OH)–C–C–N with tert-alkyl or cyclic N) is 1. The number of amides is 1. The lowest BCUT2D eigenvalue weighted by Gasteiger charge is -2.32. The first-order valence-corrected chi connectivity index (χ1v) is 9.00. The Balaban J connectivity index is 1.37. The summed E-state index contributed by atoms with van der Waals surface area (Å²) in [5.41, 5.74) is 0.779. The summed E-state index contributed by atoms with van der Waals surface area (Å²) in [4.78, 5) is 18.5. The molecule has 26 heavy (non-hydrogen) atoms. The number of ether oxygens (including phenoxy) is 1. The molecule has 138 valence electrons. The Morgan fingerprint density at radius 3 is 2.58 bits per heavy atom. The molecule has 1 aliphatic heterocycles. The van der Waals surface area contributed by atoms with E-state index in [1.165, 1.54) is 0 Å². The fraction of sp³-hybridized carbons (Fsp3) is 0.400. The second kappa shape index (κ2) is 9.31. The summed E-state index contributed by atoms with van der Waals surface area (Å²) < 4.78 is 5.59. The van der Waals surface area contributed by atoms with Crippen LogP contribution in [-0.2, 0) is 4.79 Å². The Morgan fingerprint density at radius 1 is 1.19 bits per heavy atom. The highest BCUT2D eigenvalue weighted by atomic mass is 16.5. The lowest BCUT2D eigenvalue weighted by Crippen LogP contribution is -2.42. The zero-order valence-corrected chi connectivity index (χ0v) is 14.8. The Kier molecular flexibility index (Phi) is 6.57. The minimum atomic E-state index is -0.544. The van der Waals surface area contributed by atoms with Gasteiger partial charge in [-0.1, -0.05) is 18.2 Å². The van der Waals surface area contributed by atoms with E-state index in [1.54, 1.807) is 24.5 Å². The third-order valence-electron chi connectivity index (χ3n) is 4.56. The van der Waals surface area contributed by atoms with E-state index in [9.17, 15) is 9.90 Å². The smallest absolute Gasteiger partial charge is 0.227 e. The molecule has 0 spiro atoms. The largest absolute Gasteiger partial charge is 0.491 e. The SMILES string of the molecule is O=C(Nc1ccncc1)C1CCN(CC(O)COc2ccccc2)CC1. The van der Waals surface area contributed by atoms with Crippen molar-refractivity contribution >= 4 is 11.6 Å². The summed E-state index contributed by atoms with van der Waals surface area (Å²) in [6.07, 6.45) is 4.37. The van der Waals surface area contributed by atoms with Gasteiger partial charge in [-0.25, -0.2) is 0 Å². The van der Waals surface area contributed by atoms with Gasteiger partial charge in [0, 0.05) is 30.5 Å².